The molecule has 5 heteroatoms. The number of carbonyl (C=O) groups is 2. The number of carbonyl (C=O) groups excluding carboxylic acids is 2. The summed E-state index contributed by atoms with van der Waals surface area (Å²) >= 11 is 0. The van der Waals surface area contributed by atoms with Crippen LogP contribution in [-0.4, -0.2) is 24.8 Å². The number of halogens is 1. The molecule has 0 fully saturated rings. The van der Waals surface area contributed by atoms with Gasteiger partial charge >= 0.3 is 0 Å². The van der Waals surface area contributed by atoms with Crippen LogP contribution in [0.1, 0.15) is 45.4 Å². The molecule has 0 aromatic heterocycles. The smallest absolute Gasteiger partial charge is 0.146 e. The molecule has 4 nitrogen and oxygen atoms in total. The van der Waals surface area contributed by atoms with Crippen molar-refractivity contribution in [3.63, 3.8) is 0 Å². The van der Waals surface area contributed by atoms with Crippen molar-refractivity contribution in [3.05, 3.63) is 0 Å². The zero-order valence-corrected chi connectivity index (χ0v) is 10.6. The number of unbranched alkanes of at least 4 members (excludes halogenated alkanes) is 3. The predicted molar refractivity (Wildman–Crippen MR) is 63.5 cm³/mol. The maximum atomic E-state index is 11.1. The minimum absolute atomic E-state index is 0. The van der Waals surface area contributed by atoms with Gasteiger partial charge in [-0.1, -0.05) is 26.2 Å². The Hall–Kier alpha value is -0.610. The highest BCUT2D eigenvalue weighted by molar-refractivity contribution is 5.85. The van der Waals surface area contributed by atoms with Crippen LogP contribution in [0.25, 0.3) is 0 Å². The topological polar surface area (TPSA) is 69.2 Å². The first-order valence-electron chi connectivity index (χ1n) is 5.59. The van der Waals surface area contributed by atoms with E-state index < -0.39 is 5.97 Å². The van der Waals surface area contributed by atoms with Crippen LogP contribution in [0, 0.1) is 0 Å². The second kappa shape index (κ2) is 12.5. The van der Waals surface area contributed by atoms with Gasteiger partial charge in [0.15, 0.2) is 0 Å². The van der Waals surface area contributed by atoms with Crippen LogP contribution < -0.4 is 10.4 Å². The van der Waals surface area contributed by atoms with Crippen LogP contribution in [0.3, 0.4) is 0 Å². The lowest BCUT2D eigenvalue weighted by Gasteiger charge is -2.04. The molecule has 1 N–H and O–H groups in total. The number of Topliss-reactive ketones (excluding diaryl/α,β-unsaturated/α-hetero) is 1. The Morgan fingerprint density at radius 2 is 1.81 bits per heavy atom. The van der Waals surface area contributed by atoms with Gasteiger partial charge in [0.2, 0.25) is 0 Å². The van der Waals surface area contributed by atoms with E-state index in [1.807, 2.05) is 0 Å². The van der Waals surface area contributed by atoms with Gasteiger partial charge in [-0.15, -0.1) is 12.4 Å². The van der Waals surface area contributed by atoms with Crippen LogP contribution in [0.15, 0.2) is 0 Å². The van der Waals surface area contributed by atoms with Gasteiger partial charge in [-0.05, 0) is 19.4 Å². The van der Waals surface area contributed by atoms with E-state index >= 15 is 0 Å². The number of nitrogens with one attached hydrogen (secondary N) is 1. The Bertz CT molecular complexity index is 198. The number of ketones is 1. The molecule has 0 unspecified atom stereocenters. The summed E-state index contributed by atoms with van der Waals surface area (Å²) in [4.78, 5) is 21.2. The largest absolute Gasteiger partial charge is 0.550 e. The van der Waals surface area contributed by atoms with E-state index in [0.717, 1.165) is 13.0 Å². The number of hydrogen-bond acceptors (Lipinski definition) is 4. The Balaban J connectivity index is 0. The van der Waals surface area contributed by atoms with Crippen molar-refractivity contribution in [2.75, 3.05) is 13.1 Å². The van der Waals surface area contributed by atoms with E-state index in [4.69, 9.17) is 0 Å². The van der Waals surface area contributed by atoms with E-state index in [-0.39, 0.29) is 37.6 Å². The Morgan fingerprint density at radius 3 is 2.38 bits per heavy atom. The molecule has 0 aromatic carbocycles. The SMILES string of the molecule is CCCCCCNCC(=O)CCC(=O)[O-].Cl. The minimum Gasteiger partial charge on any atom is -0.550 e. The third kappa shape index (κ3) is 13.4. The van der Waals surface area contributed by atoms with Crippen molar-refractivity contribution in [1.82, 2.24) is 5.32 Å². The van der Waals surface area contributed by atoms with Crippen molar-refractivity contribution < 1.29 is 14.7 Å². The van der Waals surface area contributed by atoms with Gasteiger partial charge in [-0.3, -0.25) is 4.79 Å². The molecular weight excluding hydrogens is 230 g/mol. The number of carboxylic acids is 1. The van der Waals surface area contributed by atoms with E-state index in [2.05, 4.69) is 12.2 Å². The van der Waals surface area contributed by atoms with Crippen LogP contribution in [0.2, 0.25) is 0 Å². The van der Waals surface area contributed by atoms with E-state index in [0.29, 0.717) is 0 Å². The van der Waals surface area contributed by atoms with Gasteiger partial charge in [0.1, 0.15) is 5.78 Å². The first-order valence-corrected chi connectivity index (χ1v) is 5.59. The normalized spacial score (nSPS) is 9.56. The van der Waals surface area contributed by atoms with E-state index in [1.165, 1.54) is 19.3 Å². The molecule has 0 spiro atoms. The lowest BCUT2D eigenvalue weighted by atomic mass is 10.2. The molecule has 0 aliphatic rings. The zero-order valence-electron chi connectivity index (χ0n) is 9.79. The van der Waals surface area contributed by atoms with Gasteiger partial charge in [0.25, 0.3) is 0 Å². The molecule has 0 rings (SSSR count). The molecular formula is C11H21ClNO3-. The molecule has 0 aromatic rings. The second-order valence-corrected chi connectivity index (χ2v) is 3.65. The van der Waals surface area contributed by atoms with Gasteiger partial charge in [0.05, 0.1) is 6.54 Å². The highest BCUT2D eigenvalue weighted by atomic mass is 35.5. The molecule has 0 bridgehead atoms. The zero-order chi connectivity index (χ0) is 11.5. The summed E-state index contributed by atoms with van der Waals surface area (Å²) < 4.78 is 0. The van der Waals surface area contributed by atoms with Crippen LogP contribution in [0.5, 0.6) is 0 Å². The number of aliphatic carboxylic acids is 1. The van der Waals surface area contributed by atoms with Crippen molar-refractivity contribution >= 4 is 24.2 Å². The molecule has 0 aliphatic heterocycles. The van der Waals surface area contributed by atoms with Gasteiger partial charge in [-0.2, -0.15) is 0 Å². The minimum atomic E-state index is -1.16. The summed E-state index contributed by atoms with van der Waals surface area (Å²) in [5.74, 6) is -1.22. The first kappa shape index (κ1) is 17.8. The Labute approximate surface area is 103 Å². The molecule has 96 valence electrons. The van der Waals surface area contributed by atoms with Gasteiger partial charge in [0, 0.05) is 12.4 Å². The predicted octanol–water partition coefficient (Wildman–Crippen LogP) is 0.677. The third-order valence-corrected chi connectivity index (χ3v) is 2.14. The maximum Gasteiger partial charge on any atom is 0.146 e. The van der Waals surface area contributed by atoms with Crippen molar-refractivity contribution in [2.45, 2.75) is 45.4 Å². The Kier molecular flexibility index (Phi) is 13.8. The molecule has 0 atom stereocenters. The average Bonchev–Trinajstić information content (AvgIpc) is 2.20. The third-order valence-electron chi connectivity index (χ3n) is 2.14. The highest BCUT2D eigenvalue weighted by Crippen LogP contribution is 1.97. The fourth-order valence-electron chi connectivity index (χ4n) is 1.23. The second-order valence-electron chi connectivity index (χ2n) is 3.65. The summed E-state index contributed by atoms with van der Waals surface area (Å²) in [6.45, 7) is 3.26. The number of hydrogen-bond donors (Lipinski definition) is 1. The van der Waals surface area contributed by atoms with Crippen molar-refractivity contribution in [3.8, 4) is 0 Å². The first-order chi connectivity index (χ1) is 7.16. The summed E-state index contributed by atoms with van der Waals surface area (Å²) in [6.07, 6.45) is 4.57. The molecule has 0 radical (unpaired) electrons. The highest BCUT2D eigenvalue weighted by Gasteiger charge is 2.00. The summed E-state index contributed by atoms with van der Waals surface area (Å²) in [6, 6.07) is 0. The van der Waals surface area contributed by atoms with Crippen LogP contribution >= 0.6 is 12.4 Å². The van der Waals surface area contributed by atoms with Crippen LogP contribution in [0.4, 0.5) is 0 Å². The quantitative estimate of drug-likeness (QED) is 0.579. The summed E-state index contributed by atoms with van der Waals surface area (Å²) in [5, 5.41) is 13.1. The lowest BCUT2D eigenvalue weighted by molar-refractivity contribution is -0.305. The fourth-order valence-corrected chi connectivity index (χ4v) is 1.23. The summed E-state index contributed by atoms with van der Waals surface area (Å²) in [5.41, 5.74) is 0. The molecule has 0 amide bonds. The fraction of sp³-hybridized carbons (Fsp3) is 0.818. The number of rotatable bonds is 10. The average molecular weight is 251 g/mol. The molecule has 0 saturated heterocycles. The molecule has 16 heavy (non-hydrogen) atoms. The molecule has 0 aliphatic carbocycles. The monoisotopic (exact) mass is 250 g/mol. The summed E-state index contributed by atoms with van der Waals surface area (Å²) in [7, 11) is 0. The van der Waals surface area contributed by atoms with E-state index in [1.54, 1.807) is 0 Å². The van der Waals surface area contributed by atoms with Gasteiger partial charge < -0.3 is 15.2 Å². The standard InChI is InChI=1S/C11H21NO3.ClH/c1-2-3-4-5-8-12-9-10(13)6-7-11(14)15;/h12H,2-9H2,1H3,(H,14,15);1H/p-1. The lowest BCUT2D eigenvalue weighted by Crippen LogP contribution is -2.27. The Morgan fingerprint density at radius 1 is 1.12 bits per heavy atom. The molecule has 0 heterocycles. The van der Waals surface area contributed by atoms with Gasteiger partial charge in [-0.25, -0.2) is 0 Å². The van der Waals surface area contributed by atoms with Crippen molar-refractivity contribution in [1.29, 1.82) is 0 Å². The maximum absolute atomic E-state index is 11.1. The molecule has 0 saturated carbocycles. The number of carboxylic acid groups (broad SMARTS) is 1. The van der Waals surface area contributed by atoms with Crippen LogP contribution in [-0.2, 0) is 9.59 Å². The van der Waals surface area contributed by atoms with E-state index in [9.17, 15) is 14.7 Å². The van der Waals surface area contributed by atoms with Crippen molar-refractivity contribution in [2.24, 2.45) is 0 Å².